The minimum absolute atomic E-state index is 0.0602. The van der Waals surface area contributed by atoms with Crippen LogP contribution in [0.25, 0.3) is 21.9 Å². The summed E-state index contributed by atoms with van der Waals surface area (Å²) < 4.78 is 65.9. The summed E-state index contributed by atoms with van der Waals surface area (Å²) in [6.07, 6.45) is -4.58. The fourth-order valence-electron chi connectivity index (χ4n) is 3.38. The minimum atomic E-state index is -4.58. The third-order valence-electron chi connectivity index (χ3n) is 4.92. The number of anilines is 1. The van der Waals surface area contributed by atoms with Crippen molar-refractivity contribution in [1.82, 2.24) is 0 Å². The lowest BCUT2D eigenvalue weighted by atomic mass is 9.96. The molecule has 0 aliphatic carbocycles. The Bertz CT molecular complexity index is 1420. The number of rotatable bonds is 4. The molecule has 9 heteroatoms. The molecule has 0 aromatic heterocycles. The van der Waals surface area contributed by atoms with E-state index < -0.39 is 21.8 Å². The van der Waals surface area contributed by atoms with Gasteiger partial charge in [-0.2, -0.15) is 13.2 Å². The number of halogens is 3. The van der Waals surface area contributed by atoms with E-state index in [-0.39, 0.29) is 27.6 Å². The molecule has 5 nitrogen and oxygen atoms in total. The first-order chi connectivity index (χ1) is 15.1. The van der Waals surface area contributed by atoms with Gasteiger partial charge in [0, 0.05) is 16.8 Å². The van der Waals surface area contributed by atoms with E-state index in [0.717, 1.165) is 17.5 Å². The van der Waals surface area contributed by atoms with Crippen molar-refractivity contribution in [2.45, 2.75) is 11.1 Å². The van der Waals surface area contributed by atoms with Crippen LogP contribution < -0.4 is 4.72 Å². The van der Waals surface area contributed by atoms with Crippen molar-refractivity contribution >= 4 is 26.5 Å². The van der Waals surface area contributed by atoms with Crippen molar-refractivity contribution < 1.29 is 31.8 Å². The maximum Gasteiger partial charge on any atom is 0.416 e. The molecular weight excluding hydrogens is 443 g/mol. The zero-order chi connectivity index (χ0) is 23.1. The molecule has 3 N–H and O–H groups in total. The van der Waals surface area contributed by atoms with E-state index in [1.807, 2.05) is 12.1 Å². The Morgan fingerprint density at radius 3 is 2.12 bits per heavy atom. The molecule has 0 saturated heterocycles. The highest BCUT2D eigenvalue weighted by molar-refractivity contribution is 7.92. The number of hydrogen-bond donors (Lipinski definition) is 3. The first kappa shape index (κ1) is 21.5. The lowest BCUT2D eigenvalue weighted by Gasteiger charge is -2.14. The van der Waals surface area contributed by atoms with Crippen LogP contribution in [0, 0.1) is 0 Å². The molecule has 0 spiro atoms. The Labute approximate surface area is 181 Å². The molecule has 32 heavy (non-hydrogen) atoms. The summed E-state index contributed by atoms with van der Waals surface area (Å²) in [5, 5.41) is 22.3. The van der Waals surface area contributed by atoms with Gasteiger partial charge in [-0.15, -0.1) is 0 Å². The molecule has 0 saturated carbocycles. The third kappa shape index (κ3) is 4.06. The van der Waals surface area contributed by atoms with Crippen LogP contribution in [-0.2, 0) is 16.2 Å². The second-order valence-corrected chi connectivity index (χ2v) is 8.72. The van der Waals surface area contributed by atoms with E-state index in [9.17, 15) is 31.8 Å². The number of alkyl halides is 3. The number of benzene rings is 4. The van der Waals surface area contributed by atoms with Crippen LogP contribution >= 0.6 is 0 Å². The van der Waals surface area contributed by atoms with Gasteiger partial charge in [-0.3, -0.25) is 4.72 Å². The molecule has 4 aromatic carbocycles. The number of phenols is 2. The minimum Gasteiger partial charge on any atom is -0.507 e. The van der Waals surface area contributed by atoms with Crippen molar-refractivity contribution in [1.29, 1.82) is 0 Å². The molecule has 4 rings (SSSR count). The lowest BCUT2D eigenvalue weighted by molar-refractivity contribution is -0.137. The summed E-state index contributed by atoms with van der Waals surface area (Å²) in [7, 11) is -4.20. The highest BCUT2D eigenvalue weighted by Gasteiger charge is 2.30. The van der Waals surface area contributed by atoms with Gasteiger partial charge in [0.25, 0.3) is 10.0 Å². The summed E-state index contributed by atoms with van der Waals surface area (Å²) in [4.78, 5) is -0.354. The fraction of sp³-hybridized carbons (Fsp3) is 0.0435. The van der Waals surface area contributed by atoms with Gasteiger partial charge in [-0.05, 0) is 59.3 Å². The molecule has 0 atom stereocenters. The second kappa shape index (κ2) is 7.76. The smallest absolute Gasteiger partial charge is 0.416 e. The molecule has 0 aliphatic heterocycles. The molecule has 0 aliphatic rings. The number of phenolic OH excluding ortho intramolecular Hbond substituents is 2. The molecule has 0 unspecified atom stereocenters. The van der Waals surface area contributed by atoms with Crippen molar-refractivity contribution in [3.8, 4) is 22.6 Å². The number of hydrogen-bond acceptors (Lipinski definition) is 4. The van der Waals surface area contributed by atoms with Gasteiger partial charge in [-0.1, -0.05) is 30.3 Å². The lowest BCUT2D eigenvalue weighted by Crippen LogP contribution is -2.13. The molecular formula is C23H16F3NO4S. The monoisotopic (exact) mass is 459 g/mol. The second-order valence-electron chi connectivity index (χ2n) is 7.04. The summed E-state index contributed by atoms with van der Waals surface area (Å²) in [6.45, 7) is 0. The fourth-order valence-corrected chi connectivity index (χ4v) is 4.43. The van der Waals surface area contributed by atoms with Gasteiger partial charge in [0.05, 0.1) is 10.5 Å². The quantitative estimate of drug-likeness (QED) is 0.340. The summed E-state index contributed by atoms with van der Waals surface area (Å²) in [5.74, 6) is -0.295. The summed E-state index contributed by atoms with van der Waals surface area (Å²) in [5.41, 5.74) is -0.400. The Hall–Kier alpha value is -3.72. The zero-order valence-electron chi connectivity index (χ0n) is 16.3. The van der Waals surface area contributed by atoms with Crippen LogP contribution in [0.2, 0.25) is 0 Å². The van der Waals surface area contributed by atoms with Crippen LogP contribution in [0.5, 0.6) is 11.5 Å². The van der Waals surface area contributed by atoms with Crippen molar-refractivity contribution in [2.24, 2.45) is 0 Å². The Morgan fingerprint density at radius 2 is 1.44 bits per heavy atom. The first-order valence-corrected chi connectivity index (χ1v) is 10.8. The van der Waals surface area contributed by atoms with Crippen molar-refractivity contribution in [3.63, 3.8) is 0 Å². The van der Waals surface area contributed by atoms with Gasteiger partial charge in [0.1, 0.15) is 11.5 Å². The van der Waals surface area contributed by atoms with Crippen LogP contribution in [-0.4, -0.2) is 18.6 Å². The Morgan fingerprint density at radius 1 is 0.781 bits per heavy atom. The molecule has 0 heterocycles. The van der Waals surface area contributed by atoms with E-state index in [1.54, 1.807) is 18.2 Å². The van der Waals surface area contributed by atoms with Gasteiger partial charge in [-0.25, -0.2) is 8.42 Å². The zero-order valence-corrected chi connectivity index (χ0v) is 17.1. The average molecular weight is 459 g/mol. The number of fused-ring (bicyclic) bond motifs is 1. The van der Waals surface area contributed by atoms with Crippen molar-refractivity contribution in [3.05, 3.63) is 84.4 Å². The van der Waals surface area contributed by atoms with Gasteiger partial charge >= 0.3 is 6.18 Å². The number of aromatic hydroxyl groups is 2. The highest BCUT2D eigenvalue weighted by Crippen LogP contribution is 2.42. The molecule has 0 fully saturated rings. The molecule has 4 aromatic rings. The van der Waals surface area contributed by atoms with E-state index in [0.29, 0.717) is 23.1 Å². The van der Waals surface area contributed by atoms with E-state index in [2.05, 4.69) is 4.72 Å². The predicted octanol–water partition coefficient (Wildman–Crippen LogP) is 5.74. The van der Waals surface area contributed by atoms with E-state index in [4.69, 9.17) is 0 Å². The maximum absolute atomic E-state index is 12.7. The van der Waals surface area contributed by atoms with Crippen LogP contribution in [0.15, 0.2) is 83.8 Å². The standard InChI is InChI=1S/C23H16F3NO4S/c24-23(25,26)15-6-9-17(10-7-15)32(30,31)27-16-8-12-20(28)19(13-16)22-18-4-2-1-3-14(18)5-11-21(22)29/h1-13,27-29H. The van der Waals surface area contributed by atoms with Gasteiger partial charge in [0.2, 0.25) is 0 Å². The molecule has 164 valence electrons. The topological polar surface area (TPSA) is 86.6 Å². The average Bonchev–Trinajstić information content (AvgIpc) is 2.75. The Kier molecular flexibility index (Phi) is 5.21. The number of nitrogens with one attached hydrogen (secondary N) is 1. The third-order valence-corrected chi connectivity index (χ3v) is 6.31. The maximum atomic E-state index is 12.7. The van der Waals surface area contributed by atoms with E-state index >= 15 is 0 Å². The summed E-state index contributed by atoms with van der Waals surface area (Å²) >= 11 is 0. The Balaban J connectivity index is 1.74. The van der Waals surface area contributed by atoms with Gasteiger partial charge < -0.3 is 10.2 Å². The largest absolute Gasteiger partial charge is 0.507 e. The SMILES string of the molecule is O=S(=O)(Nc1ccc(O)c(-c2c(O)ccc3ccccc23)c1)c1ccc(C(F)(F)F)cc1. The van der Waals surface area contributed by atoms with Crippen LogP contribution in [0.3, 0.4) is 0 Å². The van der Waals surface area contributed by atoms with Crippen LogP contribution in [0.1, 0.15) is 5.56 Å². The predicted molar refractivity (Wildman–Crippen MR) is 115 cm³/mol. The van der Waals surface area contributed by atoms with Gasteiger partial charge in [0.15, 0.2) is 0 Å². The molecule has 0 amide bonds. The number of sulfonamides is 1. The summed E-state index contributed by atoms with van der Waals surface area (Å²) in [6, 6.07) is 17.4. The normalized spacial score (nSPS) is 12.1. The molecule has 0 bridgehead atoms. The van der Waals surface area contributed by atoms with Crippen LogP contribution in [0.4, 0.5) is 18.9 Å². The first-order valence-electron chi connectivity index (χ1n) is 9.30. The highest BCUT2D eigenvalue weighted by atomic mass is 32.2. The van der Waals surface area contributed by atoms with E-state index in [1.165, 1.54) is 24.3 Å². The van der Waals surface area contributed by atoms with Crippen molar-refractivity contribution in [2.75, 3.05) is 4.72 Å². The molecule has 0 radical (unpaired) electrons.